The Labute approximate surface area is 175 Å². The highest BCUT2D eigenvalue weighted by Gasteiger charge is 2.26. The number of rotatable bonds is 6. The molecule has 0 saturated carbocycles. The van der Waals surface area contributed by atoms with Crippen LogP contribution in [-0.4, -0.2) is 43.6 Å². The molecule has 1 aliphatic rings. The van der Waals surface area contributed by atoms with Crippen LogP contribution in [0.4, 0.5) is 5.69 Å². The molecule has 0 aliphatic carbocycles. The molecule has 0 radical (unpaired) electrons. The van der Waals surface area contributed by atoms with E-state index < -0.39 is 0 Å². The summed E-state index contributed by atoms with van der Waals surface area (Å²) in [5, 5.41) is 5.14. The average molecular weight is 413 g/mol. The second-order valence-corrected chi connectivity index (χ2v) is 8.74. The Balaban J connectivity index is 1.25. The van der Waals surface area contributed by atoms with Crippen molar-refractivity contribution in [2.75, 3.05) is 38.0 Å². The van der Waals surface area contributed by atoms with Gasteiger partial charge in [-0.15, -0.1) is 11.3 Å². The summed E-state index contributed by atoms with van der Waals surface area (Å²) < 4.78 is 5.63. The fraction of sp³-hybridized carbons (Fsp3) is 0.364. The molecule has 1 saturated heterocycles. The van der Waals surface area contributed by atoms with E-state index in [1.54, 1.807) is 17.6 Å². The molecule has 0 unspecified atom stereocenters. The number of hydrogen-bond donors (Lipinski definition) is 3. The molecule has 3 N–H and O–H groups in total. The molecule has 0 bridgehead atoms. The number of oxazole rings is 1. The first-order chi connectivity index (χ1) is 14.1. The Hall–Kier alpha value is -2.48. The zero-order valence-electron chi connectivity index (χ0n) is 17.0. The summed E-state index contributed by atoms with van der Waals surface area (Å²) in [5.74, 6) is 0.805. The number of aromatic nitrogens is 1. The fourth-order valence-corrected chi connectivity index (χ4v) is 4.55. The fourth-order valence-electron chi connectivity index (χ4n) is 3.89. The van der Waals surface area contributed by atoms with Crippen LogP contribution in [0.3, 0.4) is 0 Å². The maximum absolute atomic E-state index is 12.5. The van der Waals surface area contributed by atoms with Crippen molar-refractivity contribution in [2.24, 2.45) is 0 Å². The van der Waals surface area contributed by atoms with Gasteiger partial charge in [-0.3, -0.25) is 4.79 Å². The smallest absolute Gasteiger partial charge is 0.279 e. The van der Waals surface area contributed by atoms with Crippen LogP contribution in [0.1, 0.15) is 16.8 Å². The molecule has 152 valence electrons. The van der Waals surface area contributed by atoms with E-state index in [1.165, 1.54) is 9.80 Å². The van der Waals surface area contributed by atoms with Crippen molar-refractivity contribution < 1.29 is 19.0 Å². The Morgan fingerprint density at radius 2 is 1.83 bits per heavy atom. The summed E-state index contributed by atoms with van der Waals surface area (Å²) in [4.78, 5) is 21.0. The maximum Gasteiger partial charge on any atom is 0.279 e. The van der Waals surface area contributed by atoms with E-state index in [2.05, 4.69) is 10.3 Å². The summed E-state index contributed by atoms with van der Waals surface area (Å²) in [5.41, 5.74) is 4.17. The van der Waals surface area contributed by atoms with E-state index in [-0.39, 0.29) is 5.91 Å². The highest BCUT2D eigenvalue weighted by Crippen LogP contribution is 2.23. The number of thiophene rings is 1. The topological polar surface area (TPSA) is 64.0 Å². The highest BCUT2D eigenvalue weighted by atomic mass is 32.1. The van der Waals surface area contributed by atoms with Gasteiger partial charge in [0.05, 0.1) is 4.88 Å². The molecule has 7 heteroatoms. The number of carbonyl (C=O) groups is 1. The molecule has 1 fully saturated rings. The predicted molar refractivity (Wildman–Crippen MR) is 114 cm³/mol. The zero-order valence-corrected chi connectivity index (χ0v) is 17.8. The third-order valence-electron chi connectivity index (χ3n) is 5.54. The van der Waals surface area contributed by atoms with E-state index in [0.29, 0.717) is 12.4 Å². The van der Waals surface area contributed by atoms with E-state index in [1.807, 2.05) is 49.6 Å². The first-order valence-corrected chi connectivity index (χ1v) is 11.0. The first-order valence-electron chi connectivity index (χ1n) is 10.1. The van der Waals surface area contributed by atoms with Crippen LogP contribution in [0.15, 0.2) is 46.4 Å². The molecule has 1 aromatic carbocycles. The lowest BCUT2D eigenvalue weighted by atomic mass is 10.1. The molecule has 3 aromatic rings. The number of hydrogen-bond acceptors (Lipinski definition) is 4. The Morgan fingerprint density at radius 3 is 2.52 bits per heavy atom. The molecular formula is C22H28N4O2S+2. The van der Waals surface area contributed by atoms with Crippen LogP contribution >= 0.6 is 11.3 Å². The number of para-hydroxylation sites is 1. The normalized spacial score (nSPS) is 19.2. The van der Waals surface area contributed by atoms with Gasteiger partial charge in [0.25, 0.3) is 5.91 Å². The van der Waals surface area contributed by atoms with Crippen molar-refractivity contribution in [1.29, 1.82) is 0 Å². The van der Waals surface area contributed by atoms with Gasteiger partial charge in [0.2, 0.25) is 5.89 Å². The molecule has 3 heterocycles. The number of piperazine rings is 1. The van der Waals surface area contributed by atoms with Crippen LogP contribution in [0.2, 0.25) is 0 Å². The molecular weight excluding hydrogens is 384 g/mol. The highest BCUT2D eigenvalue weighted by molar-refractivity contribution is 7.13. The van der Waals surface area contributed by atoms with E-state index in [4.69, 9.17) is 4.42 Å². The van der Waals surface area contributed by atoms with Gasteiger partial charge in [-0.25, -0.2) is 4.98 Å². The second kappa shape index (κ2) is 8.90. The number of nitrogens with one attached hydrogen (secondary N) is 3. The van der Waals surface area contributed by atoms with Gasteiger partial charge in [0.15, 0.2) is 6.54 Å². The quantitative estimate of drug-likeness (QED) is 0.565. The summed E-state index contributed by atoms with van der Waals surface area (Å²) >= 11 is 1.64. The van der Waals surface area contributed by atoms with Gasteiger partial charge in [0, 0.05) is 5.69 Å². The monoisotopic (exact) mass is 412 g/mol. The van der Waals surface area contributed by atoms with Crippen LogP contribution in [0, 0.1) is 13.8 Å². The summed E-state index contributed by atoms with van der Waals surface area (Å²) in [6, 6.07) is 10.1. The predicted octanol–water partition coefficient (Wildman–Crippen LogP) is 0.942. The van der Waals surface area contributed by atoms with Gasteiger partial charge < -0.3 is 19.5 Å². The molecule has 1 aliphatic heterocycles. The van der Waals surface area contributed by atoms with E-state index in [0.717, 1.165) is 60.1 Å². The first kappa shape index (κ1) is 19.8. The lowest BCUT2D eigenvalue weighted by Gasteiger charge is -2.29. The lowest BCUT2D eigenvalue weighted by Crippen LogP contribution is -3.28. The van der Waals surface area contributed by atoms with Crippen LogP contribution in [0.5, 0.6) is 0 Å². The Morgan fingerprint density at radius 1 is 1.10 bits per heavy atom. The third kappa shape index (κ3) is 4.93. The van der Waals surface area contributed by atoms with Crippen LogP contribution in [0.25, 0.3) is 10.8 Å². The summed E-state index contributed by atoms with van der Waals surface area (Å²) in [6.07, 6.45) is 1.78. The molecule has 0 spiro atoms. The average Bonchev–Trinajstić information content (AvgIpc) is 3.38. The van der Waals surface area contributed by atoms with Crippen molar-refractivity contribution in [3.8, 4) is 10.8 Å². The number of quaternary nitrogens is 2. The van der Waals surface area contributed by atoms with Gasteiger partial charge in [-0.05, 0) is 36.4 Å². The molecule has 29 heavy (non-hydrogen) atoms. The van der Waals surface area contributed by atoms with Gasteiger partial charge in [0.1, 0.15) is 44.7 Å². The van der Waals surface area contributed by atoms with Gasteiger partial charge >= 0.3 is 0 Å². The van der Waals surface area contributed by atoms with Crippen LogP contribution < -0.4 is 15.1 Å². The van der Waals surface area contributed by atoms with E-state index >= 15 is 0 Å². The van der Waals surface area contributed by atoms with Crippen molar-refractivity contribution in [3.05, 3.63) is 58.8 Å². The SMILES string of the molecule is Cc1cccc(C)c1NC(=O)C[NH+]1CC[NH+](Cc2coc(-c3cccs3)n2)CC1. The second-order valence-electron chi connectivity index (χ2n) is 7.79. The minimum atomic E-state index is 0.0953. The van der Waals surface area contributed by atoms with Crippen molar-refractivity contribution in [3.63, 3.8) is 0 Å². The van der Waals surface area contributed by atoms with Crippen molar-refractivity contribution in [2.45, 2.75) is 20.4 Å². The minimum absolute atomic E-state index is 0.0953. The van der Waals surface area contributed by atoms with Gasteiger partial charge in [-0.2, -0.15) is 0 Å². The maximum atomic E-state index is 12.5. The number of aryl methyl sites for hydroxylation is 2. The summed E-state index contributed by atoms with van der Waals surface area (Å²) in [6.45, 7) is 9.51. The number of nitrogens with zero attached hydrogens (tertiary/aromatic N) is 1. The standard InChI is InChI=1S/C22H26N4O2S/c1-16-5-3-6-17(2)21(16)24-20(27)14-26-10-8-25(9-11-26)13-18-15-28-22(23-18)19-7-4-12-29-19/h3-7,12,15H,8-11,13-14H2,1-2H3,(H,24,27)/p+2. The zero-order chi connectivity index (χ0) is 20.2. The molecule has 6 nitrogen and oxygen atoms in total. The number of amides is 1. The molecule has 2 aromatic heterocycles. The van der Waals surface area contributed by atoms with Crippen LogP contribution in [-0.2, 0) is 11.3 Å². The van der Waals surface area contributed by atoms with Crippen molar-refractivity contribution >= 4 is 22.9 Å². The number of anilines is 1. The summed E-state index contributed by atoms with van der Waals surface area (Å²) in [7, 11) is 0. The largest absolute Gasteiger partial charge is 0.443 e. The van der Waals surface area contributed by atoms with E-state index in [9.17, 15) is 4.79 Å². The van der Waals surface area contributed by atoms with Crippen molar-refractivity contribution in [1.82, 2.24) is 4.98 Å². The molecule has 1 amide bonds. The number of benzene rings is 1. The lowest BCUT2D eigenvalue weighted by molar-refractivity contribution is -1.02. The third-order valence-corrected chi connectivity index (χ3v) is 6.39. The Bertz CT molecular complexity index is 939. The Kier molecular flexibility index (Phi) is 6.08. The molecule has 4 rings (SSSR count). The number of carbonyl (C=O) groups excluding carboxylic acids is 1. The minimum Gasteiger partial charge on any atom is -0.443 e. The molecule has 0 atom stereocenters. The van der Waals surface area contributed by atoms with Gasteiger partial charge in [-0.1, -0.05) is 24.3 Å².